The minimum atomic E-state index is 0.0228. The van der Waals surface area contributed by atoms with Gasteiger partial charge in [0.05, 0.1) is 11.0 Å². The number of aromatic nitrogens is 2. The van der Waals surface area contributed by atoms with Crippen LogP contribution in [0.4, 0.5) is 4.79 Å². The number of imidazole rings is 1. The van der Waals surface area contributed by atoms with Crippen LogP contribution in [0, 0.1) is 6.92 Å². The molecule has 5 heteroatoms. The first-order chi connectivity index (χ1) is 9.66. The predicted octanol–water partition coefficient (Wildman–Crippen LogP) is 2.15. The number of nitrogens with one attached hydrogen (secondary N) is 1. The quantitative estimate of drug-likeness (QED) is 0.927. The number of carbonyl (C=O) groups excluding carboxylic acids is 1. The van der Waals surface area contributed by atoms with Gasteiger partial charge in [-0.05, 0) is 31.9 Å². The summed E-state index contributed by atoms with van der Waals surface area (Å²) in [4.78, 5) is 18.2. The lowest BCUT2D eigenvalue weighted by Crippen LogP contribution is -2.39. The largest absolute Gasteiger partial charge is 0.336 e. The second-order valence-corrected chi connectivity index (χ2v) is 5.37. The number of hydrogen-bond donors (Lipinski definition) is 1. The zero-order valence-electron chi connectivity index (χ0n) is 12.0. The molecule has 0 aliphatic heterocycles. The standard InChI is InChI=1S/C15H20N4O/c1-11-17-13-5-3-4-6-14(13)19(11)10-9-16-15(20)18(2)12-7-8-12/h3-6,12H,7-10H2,1-2H3,(H,16,20). The highest BCUT2D eigenvalue weighted by Gasteiger charge is 2.29. The molecular weight excluding hydrogens is 252 g/mol. The Balaban J connectivity index is 1.62. The topological polar surface area (TPSA) is 50.2 Å². The van der Waals surface area contributed by atoms with Crippen molar-refractivity contribution in [3.63, 3.8) is 0 Å². The Morgan fingerprint density at radius 1 is 1.45 bits per heavy atom. The van der Waals surface area contributed by atoms with Crippen LogP contribution in [0.25, 0.3) is 11.0 Å². The Labute approximate surface area is 118 Å². The molecule has 0 bridgehead atoms. The molecule has 1 fully saturated rings. The van der Waals surface area contributed by atoms with Gasteiger partial charge in [-0.3, -0.25) is 0 Å². The molecule has 0 atom stereocenters. The number of rotatable bonds is 4. The Kier molecular flexibility index (Phi) is 3.34. The molecule has 1 N–H and O–H groups in total. The van der Waals surface area contributed by atoms with E-state index in [-0.39, 0.29) is 6.03 Å². The summed E-state index contributed by atoms with van der Waals surface area (Å²) in [7, 11) is 1.87. The van der Waals surface area contributed by atoms with Crippen molar-refractivity contribution >= 4 is 17.1 Å². The lowest BCUT2D eigenvalue weighted by atomic mass is 10.3. The Bertz CT molecular complexity index is 630. The highest BCUT2D eigenvalue weighted by Crippen LogP contribution is 2.25. The van der Waals surface area contributed by atoms with Gasteiger partial charge in [0.1, 0.15) is 5.82 Å². The molecule has 1 aromatic heterocycles. The van der Waals surface area contributed by atoms with Crippen molar-refractivity contribution in [3.8, 4) is 0 Å². The van der Waals surface area contributed by atoms with Crippen molar-refractivity contribution in [3.05, 3.63) is 30.1 Å². The summed E-state index contributed by atoms with van der Waals surface area (Å²) in [5, 5.41) is 2.97. The maximum absolute atomic E-state index is 11.9. The monoisotopic (exact) mass is 272 g/mol. The number of fused-ring (bicyclic) bond motifs is 1. The maximum Gasteiger partial charge on any atom is 0.317 e. The van der Waals surface area contributed by atoms with Crippen molar-refractivity contribution in [1.29, 1.82) is 0 Å². The molecule has 5 nitrogen and oxygen atoms in total. The number of amides is 2. The fourth-order valence-corrected chi connectivity index (χ4v) is 2.51. The summed E-state index contributed by atoms with van der Waals surface area (Å²) in [5.41, 5.74) is 2.13. The van der Waals surface area contributed by atoms with Gasteiger partial charge in [-0.15, -0.1) is 0 Å². The molecule has 2 aromatic rings. The van der Waals surface area contributed by atoms with E-state index in [1.54, 1.807) is 4.90 Å². The van der Waals surface area contributed by atoms with Gasteiger partial charge in [-0.2, -0.15) is 0 Å². The SMILES string of the molecule is Cc1nc2ccccc2n1CCNC(=O)N(C)C1CC1. The average molecular weight is 272 g/mol. The Hall–Kier alpha value is -2.04. The Morgan fingerprint density at radius 3 is 2.95 bits per heavy atom. The van der Waals surface area contributed by atoms with Crippen LogP contribution in [0.3, 0.4) is 0 Å². The number of benzene rings is 1. The molecule has 1 aliphatic rings. The van der Waals surface area contributed by atoms with E-state index in [1.165, 1.54) is 0 Å². The third kappa shape index (κ3) is 2.48. The van der Waals surface area contributed by atoms with Crippen LogP contribution in [0.1, 0.15) is 18.7 Å². The Morgan fingerprint density at radius 2 is 2.20 bits per heavy atom. The molecule has 1 aliphatic carbocycles. The van der Waals surface area contributed by atoms with Crippen LogP contribution in [0.5, 0.6) is 0 Å². The van der Waals surface area contributed by atoms with E-state index in [9.17, 15) is 4.79 Å². The van der Waals surface area contributed by atoms with Crippen LogP contribution in [-0.4, -0.2) is 40.1 Å². The number of nitrogens with zero attached hydrogens (tertiary/aromatic N) is 3. The highest BCUT2D eigenvalue weighted by molar-refractivity contribution is 5.76. The van der Waals surface area contributed by atoms with Gasteiger partial charge in [0.15, 0.2) is 0 Å². The summed E-state index contributed by atoms with van der Waals surface area (Å²) < 4.78 is 2.15. The number of aryl methyl sites for hydroxylation is 1. The molecule has 0 unspecified atom stereocenters. The molecule has 1 heterocycles. The first-order valence-corrected chi connectivity index (χ1v) is 7.09. The van der Waals surface area contributed by atoms with Crippen LogP contribution in [0.15, 0.2) is 24.3 Å². The van der Waals surface area contributed by atoms with Crippen molar-refractivity contribution < 1.29 is 4.79 Å². The molecule has 3 rings (SSSR count). The minimum Gasteiger partial charge on any atom is -0.336 e. The first-order valence-electron chi connectivity index (χ1n) is 7.09. The van der Waals surface area contributed by atoms with Gasteiger partial charge in [0, 0.05) is 26.2 Å². The first kappa shape index (κ1) is 13.0. The zero-order chi connectivity index (χ0) is 14.1. The van der Waals surface area contributed by atoms with Gasteiger partial charge in [0.2, 0.25) is 0 Å². The van der Waals surface area contributed by atoms with E-state index in [2.05, 4.69) is 20.9 Å². The van der Waals surface area contributed by atoms with Gasteiger partial charge in [0.25, 0.3) is 0 Å². The smallest absolute Gasteiger partial charge is 0.317 e. The van der Waals surface area contributed by atoms with Crippen LogP contribution >= 0.6 is 0 Å². The summed E-state index contributed by atoms with van der Waals surface area (Å²) in [6.45, 7) is 3.37. The van der Waals surface area contributed by atoms with Gasteiger partial charge < -0.3 is 14.8 Å². The van der Waals surface area contributed by atoms with E-state index in [0.29, 0.717) is 12.6 Å². The van der Waals surface area contributed by atoms with E-state index in [0.717, 1.165) is 36.2 Å². The van der Waals surface area contributed by atoms with E-state index < -0.39 is 0 Å². The van der Waals surface area contributed by atoms with Crippen molar-refractivity contribution in [1.82, 2.24) is 19.8 Å². The normalized spacial score (nSPS) is 14.5. The van der Waals surface area contributed by atoms with Crippen molar-refractivity contribution in [2.75, 3.05) is 13.6 Å². The zero-order valence-corrected chi connectivity index (χ0v) is 12.0. The summed E-state index contributed by atoms with van der Waals surface area (Å²) in [5.74, 6) is 0.982. The van der Waals surface area contributed by atoms with E-state index in [1.807, 2.05) is 32.2 Å². The molecule has 1 saturated carbocycles. The molecule has 2 amide bonds. The third-order valence-corrected chi connectivity index (χ3v) is 3.87. The van der Waals surface area contributed by atoms with Crippen LogP contribution in [-0.2, 0) is 6.54 Å². The molecule has 0 radical (unpaired) electrons. The van der Waals surface area contributed by atoms with Crippen molar-refractivity contribution in [2.24, 2.45) is 0 Å². The molecule has 20 heavy (non-hydrogen) atoms. The average Bonchev–Trinajstić information content (AvgIpc) is 3.23. The molecule has 0 saturated heterocycles. The van der Waals surface area contributed by atoms with Gasteiger partial charge in [-0.25, -0.2) is 9.78 Å². The van der Waals surface area contributed by atoms with Gasteiger partial charge in [-0.1, -0.05) is 12.1 Å². The fourth-order valence-electron chi connectivity index (χ4n) is 2.51. The number of carbonyl (C=O) groups is 1. The number of hydrogen-bond acceptors (Lipinski definition) is 2. The minimum absolute atomic E-state index is 0.0228. The number of para-hydroxylation sites is 2. The van der Waals surface area contributed by atoms with Crippen LogP contribution < -0.4 is 5.32 Å². The summed E-state index contributed by atoms with van der Waals surface area (Å²) >= 11 is 0. The summed E-state index contributed by atoms with van der Waals surface area (Å²) in [6.07, 6.45) is 2.27. The lowest BCUT2D eigenvalue weighted by molar-refractivity contribution is 0.206. The van der Waals surface area contributed by atoms with Crippen molar-refractivity contribution in [2.45, 2.75) is 32.4 Å². The summed E-state index contributed by atoms with van der Waals surface area (Å²) in [6, 6.07) is 8.55. The fraction of sp³-hybridized carbons (Fsp3) is 0.467. The van der Waals surface area contributed by atoms with E-state index in [4.69, 9.17) is 0 Å². The second-order valence-electron chi connectivity index (χ2n) is 5.37. The highest BCUT2D eigenvalue weighted by atomic mass is 16.2. The molecule has 0 spiro atoms. The predicted molar refractivity (Wildman–Crippen MR) is 78.7 cm³/mol. The lowest BCUT2D eigenvalue weighted by Gasteiger charge is -2.17. The molecular formula is C15H20N4O. The second kappa shape index (κ2) is 5.15. The molecule has 106 valence electrons. The maximum atomic E-state index is 11.9. The third-order valence-electron chi connectivity index (χ3n) is 3.87. The van der Waals surface area contributed by atoms with E-state index >= 15 is 0 Å². The number of urea groups is 1. The van der Waals surface area contributed by atoms with Gasteiger partial charge >= 0.3 is 6.03 Å². The molecule has 1 aromatic carbocycles. The van der Waals surface area contributed by atoms with Crippen LogP contribution in [0.2, 0.25) is 0 Å².